The predicted octanol–water partition coefficient (Wildman–Crippen LogP) is 2.72. The number of hydrogen-bond acceptors (Lipinski definition) is 3. The molecule has 1 saturated heterocycles. The van der Waals surface area contributed by atoms with Gasteiger partial charge in [-0.05, 0) is 36.0 Å². The average Bonchev–Trinajstić information content (AvgIpc) is 2.88. The lowest BCUT2D eigenvalue weighted by Crippen LogP contribution is -2.30. The van der Waals surface area contributed by atoms with E-state index in [1.807, 2.05) is 0 Å². The maximum atomic E-state index is 5.31. The summed E-state index contributed by atoms with van der Waals surface area (Å²) in [7, 11) is 1.77. The number of rotatable bonds is 6. The monoisotopic (exact) mass is 251 g/mol. The number of benzene rings is 1. The molecule has 0 aromatic heterocycles. The zero-order chi connectivity index (χ0) is 11.9. The highest BCUT2D eigenvalue weighted by Gasteiger charge is 2.17. The third kappa shape index (κ3) is 4.02. The van der Waals surface area contributed by atoms with Gasteiger partial charge in [0.15, 0.2) is 0 Å². The fourth-order valence-corrected chi connectivity index (χ4v) is 3.46. The summed E-state index contributed by atoms with van der Waals surface area (Å²) in [4.78, 5) is 0. The van der Waals surface area contributed by atoms with Crippen LogP contribution in [-0.2, 0) is 4.74 Å². The zero-order valence-electron chi connectivity index (χ0n) is 10.4. The van der Waals surface area contributed by atoms with Crippen molar-refractivity contribution < 1.29 is 4.74 Å². The van der Waals surface area contributed by atoms with Crippen molar-refractivity contribution in [1.82, 2.24) is 5.32 Å². The van der Waals surface area contributed by atoms with E-state index >= 15 is 0 Å². The molecule has 0 radical (unpaired) electrons. The highest BCUT2D eigenvalue weighted by atomic mass is 32.2. The van der Waals surface area contributed by atoms with Gasteiger partial charge in [-0.15, -0.1) is 0 Å². The SMILES string of the molecule is COCC(NCC1CCSC1)c1ccccc1. The molecule has 0 bridgehead atoms. The Labute approximate surface area is 108 Å². The molecule has 1 aliphatic heterocycles. The maximum absolute atomic E-state index is 5.31. The van der Waals surface area contributed by atoms with Gasteiger partial charge in [0.2, 0.25) is 0 Å². The van der Waals surface area contributed by atoms with Crippen molar-refractivity contribution >= 4 is 11.8 Å². The molecule has 3 heteroatoms. The van der Waals surface area contributed by atoms with Gasteiger partial charge in [-0.2, -0.15) is 11.8 Å². The van der Waals surface area contributed by atoms with Crippen molar-refractivity contribution in [3.8, 4) is 0 Å². The average molecular weight is 251 g/mol. The van der Waals surface area contributed by atoms with Gasteiger partial charge in [-0.3, -0.25) is 0 Å². The van der Waals surface area contributed by atoms with E-state index in [0.717, 1.165) is 19.1 Å². The Hall–Kier alpha value is -0.510. The number of ether oxygens (including phenoxy) is 1. The molecule has 0 amide bonds. The topological polar surface area (TPSA) is 21.3 Å². The second-order valence-electron chi connectivity index (χ2n) is 4.56. The van der Waals surface area contributed by atoms with Gasteiger partial charge in [0, 0.05) is 7.11 Å². The van der Waals surface area contributed by atoms with E-state index in [2.05, 4.69) is 47.4 Å². The molecule has 0 saturated carbocycles. The van der Waals surface area contributed by atoms with E-state index in [1.54, 1.807) is 7.11 Å². The predicted molar refractivity (Wildman–Crippen MR) is 74.5 cm³/mol. The molecular weight excluding hydrogens is 230 g/mol. The van der Waals surface area contributed by atoms with Gasteiger partial charge in [0.25, 0.3) is 0 Å². The third-order valence-electron chi connectivity index (χ3n) is 3.21. The van der Waals surface area contributed by atoms with Crippen LogP contribution in [0.15, 0.2) is 30.3 Å². The Morgan fingerprint density at radius 1 is 1.41 bits per heavy atom. The number of methoxy groups -OCH3 is 1. The van der Waals surface area contributed by atoms with E-state index in [0.29, 0.717) is 6.04 Å². The van der Waals surface area contributed by atoms with Crippen LogP contribution in [0.4, 0.5) is 0 Å². The normalized spacial score (nSPS) is 21.6. The molecule has 2 nitrogen and oxygen atoms in total. The van der Waals surface area contributed by atoms with Gasteiger partial charge < -0.3 is 10.1 Å². The Morgan fingerprint density at radius 3 is 2.88 bits per heavy atom. The molecule has 1 aromatic carbocycles. The van der Waals surface area contributed by atoms with Crippen molar-refractivity contribution in [1.29, 1.82) is 0 Å². The fourth-order valence-electron chi connectivity index (χ4n) is 2.18. The lowest BCUT2D eigenvalue weighted by molar-refractivity contribution is 0.165. The molecule has 0 spiro atoms. The summed E-state index contributed by atoms with van der Waals surface area (Å²) >= 11 is 2.07. The summed E-state index contributed by atoms with van der Waals surface area (Å²) in [5, 5.41) is 3.64. The summed E-state index contributed by atoms with van der Waals surface area (Å²) in [6.45, 7) is 1.85. The van der Waals surface area contributed by atoms with Crippen LogP contribution in [0, 0.1) is 5.92 Å². The highest BCUT2D eigenvalue weighted by molar-refractivity contribution is 7.99. The molecule has 2 rings (SSSR count). The van der Waals surface area contributed by atoms with E-state index in [4.69, 9.17) is 4.74 Å². The molecule has 17 heavy (non-hydrogen) atoms. The first-order valence-electron chi connectivity index (χ1n) is 6.25. The van der Waals surface area contributed by atoms with Gasteiger partial charge in [0.05, 0.1) is 12.6 Å². The minimum absolute atomic E-state index is 0.326. The van der Waals surface area contributed by atoms with E-state index in [9.17, 15) is 0 Å². The molecule has 1 aliphatic rings. The number of hydrogen-bond donors (Lipinski definition) is 1. The highest BCUT2D eigenvalue weighted by Crippen LogP contribution is 2.23. The fraction of sp³-hybridized carbons (Fsp3) is 0.571. The molecule has 1 fully saturated rings. The van der Waals surface area contributed by atoms with E-state index in [1.165, 1.54) is 23.5 Å². The smallest absolute Gasteiger partial charge is 0.0657 e. The van der Waals surface area contributed by atoms with E-state index in [-0.39, 0.29) is 0 Å². The minimum atomic E-state index is 0.326. The number of thioether (sulfide) groups is 1. The Morgan fingerprint density at radius 2 is 2.24 bits per heavy atom. The first-order valence-corrected chi connectivity index (χ1v) is 7.40. The van der Waals surface area contributed by atoms with Gasteiger partial charge in [-0.25, -0.2) is 0 Å². The van der Waals surface area contributed by atoms with Crippen LogP contribution in [0.2, 0.25) is 0 Å². The summed E-state index contributed by atoms with van der Waals surface area (Å²) in [5.74, 6) is 3.47. The lowest BCUT2D eigenvalue weighted by Gasteiger charge is -2.20. The standard InChI is InChI=1S/C14H21NOS/c1-16-10-14(13-5-3-2-4-6-13)15-9-12-7-8-17-11-12/h2-6,12,14-15H,7-11H2,1H3. The molecular formula is C14H21NOS. The van der Waals surface area contributed by atoms with Crippen LogP contribution < -0.4 is 5.32 Å². The molecule has 94 valence electrons. The van der Waals surface area contributed by atoms with Gasteiger partial charge in [-0.1, -0.05) is 30.3 Å². The molecule has 2 unspecified atom stereocenters. The quantitative estimate of drug-likeness (QED) is 0.840. The maximum Gasteiger partial charge on any atom is 0.0657 e. The van der Waals surface area contributed by atoms with Crippen molar-refractivity contribution in [2.24, 2.45) is 5.92 Å². The van der Waals surface area contributed by atoms with Crippen LogP contribution >= 0.6 is 11.8 Å². The Bertz CT molecular complexity index is 311. The van der Waals surface area contributed by atoms with E-state index < -0.39 is 0 Å². The molecule has 0 aliphatic carbocycles. The zero-order valence-corrected chi connectivity index (χ0v) is 11.2. The van der Waals surface area contributed by atoms with Crippen LogP contribution in [0.5, 0.6) is 0 Å². The Balaban J connectivity index is 1.88. The van der Waals surface area contributed by atoms with Crippen LogP contribution in [0.1, 0.15) is 18.0 Å². The first kappa shape index (κ1) is 12.9. The van der Waals surface area contributed by atoms with Crippen molar-refractivity contribution in [2.45, 2.75) is 12.5 Å². The minimum Gasteiger partial charge on any atom is -0.383 e. The summed E-state index contributed by atoms with van der Waals surface area (Å²) in [5.41, 5.74) is 1.32. The molecule has 1 heterocycles. The van der Waals surface area contributed by atoms with Crippen LogP contribution in [0.3, 0.4) is 0 Å². The Kier molecular flexibility index (Phi) is 5.36. The van der Waals surface area contributed by atoms with Crippen molar-refractivity contribution in [3.63, 3.8) is 0 Å². The largest absolute Gasteiger partial charge is 0.383 e. The van der Waals surface area contributed by atoms with Gasteiger partial charge >= 0.3 is 0 Å². The summed E-state index contributed by atoms with van der Waals surface area (Å²) in [6.07, 6.45) is 1.35. The summed E-state index contributed by atoms with van der Waals surface area (Å²) < 4.78 is 5.31. The molecule has 2 atom stereocenters. The van der Waals surface area contributed by atoms with Gasteiger partial charge in [0.1, 0.15) is 0 Å². The van der Waals surface area contributed by atoms with Crippen molar-refractivity contribution in [2.75, 3.05) is 31.8 Å². The molecule has 1 aromatic rings. The lowest BCUT2D eigenvalue weighted by atomic mass is 10.1. The third-order valence-corrected chi connectivity index (χ3v) is 4.44. The number of nitrogens with one attached hydrogen (secondary N) is 1. The molecule has 1 N–H and O–H groups in total. The van der Waals surface area contributed by atoms with Crippen molar-refractivity contribution in [3.05, 3.63) is 35.9 Å². The first-order chi connectivity index (χ1) is 8.40. The van der Waals surface area contributed by atoms with Crippen LogP contribution in [-0.4, -0.2) is 31.8 Å². The second kappa shape index (κ2) is 7.04. The van der Waals surface area contributed by atoms with Crippen LogP contribution in [0.25, 0.3) is 0 Å². The second-order valence-corrected chi connectivity index (χ2v) is 5.71. The summed E-state index contributed by atoms with van der Waals surface area (Å²) in [6, 6.07) is 10.9.